The fourth-order valence-electron chi connectivity index (χ4n) is 2.90. The van der Waals surface area contributed by atoms with E-state index in [-0.39, 0.29) is 12.6 Å². The molecule has 6 nitrogen and oxygen atoms in total. The molecule has 2 aromatic heterocycles. The van der Waals surface area contributed by atoms with Crippen molar-refractivity contribution in [3.8, 4) is 0 Å². The topological polar surface area (TPSA) is 88.2 Å². The first kappa shape index (κ1) is 19.9. The van der Waals surface area contributed by atoms with E-state index in [0.717, 1.165) is 22.7 Å². The van der Waals surface area contributed by atoms with Crippen molar-refractivity contribution in [3.63, 3.8) is 0 Å². The lowest BCUT2D eigenvalue weighted by atomic mass is 10.0. The molecule has 0 aliphatic rings. The van der Waals surface area contributed by atoms with Gasteiger partial charge >= 0.3 is 0 Å². The second-order valence-electron chi connectivity index (χ2n) is 6.89. The van der Waals surface area contributed by atoms with Crippen LogP contribution in [0.15, 0.2) is 35.5 Å². The number of thioether (sulfide) groups is 1. The molecule has 0 saturated heterocycles. The first-order valence-corrected chi connectivity index (χ1v) is 10.7. The standard InChI is InChI=1S/C19H25N5OS2/c1-12(2)9-14(10-25)24(3)17-15-16(21-18(20)27-15)22-19(23-17)26-11-13-7-5-4-6-8-13/h4-8,12,14,25H,9-11H2,1-3H3,(H2,20,21,22,23)/t14-/m1/s1. The maximum atomic E-state index is 9.88. The predicted octanol–water partition coefficient (Wildman–Crippen LogP) is 3.80. The number of nitrogen functional groups attached to an aromatic ring is 1. The molecule has 27 heavy (non-hydrogen) atoms. The molecular weight excluding hydrogens is 378 g/mol. The Morgan fingerprint density at radius 2 is 1.93 bits per heavy atom. The minimum Gasteiger partial charge on any atom is -0.394 e. The van der Waals surface area contributed by atoms with Crippen molar-refractivity contribution in [2.75, 3.05) is 24.3 Å². The normalized spacial score (nSPS) is 12.6. The number of hydrogen-bond donors (Lipinski definition) is 2. The van der Waals surface area contributed by atoms with Gasteiger partial charge in [-0.1, -0.05) is 67.3 Å². The van der Waals surface area contributed by atoms with Crippen LogP contribution in [0.5, 0.6) is 0 Å². The monoisotopic (exact) mass is 403 g/mol. The molecule has 0 unspecified atom stereocenters. The van der Waals surface area contributed by atoms with Gasteiger partial charge in [0.1, 0.15) is 4.70 Å². The number of benzene rings is 1. The lowest BCUT2D eigenvalue weighted by Crippen LogP contribution is -2.36. The van der Waals surface area contributed by atoms with E-state index in [9.17, 15) is 5.11 Å². The molecule has 3 aromatic rings. The van der Waals surface area contributed by atoms with Gasteiger partial charge in [-0.3, -0.25) is 0 Å². The summed E-state index contributed by atoms with van der Waals surface area (Å²) in [5.41, 5.74) is 7.76. The Morgan fingerprint density at radius 3 is 2.59 bits per heavy atom. The summed E-state index contributed by atoms with van der Waals surface area (Å²) in [5, 5.41) is 11.0. The summed E-state index contributed by atoms with van der Waals surface area (Å²) in [4.78, 5) is 15.8. The molecule has 0 radical (unpaired) electrons. The summed E-state index contributed by atoms with van der Waals surface area (Å²) in [6, 6.07) is 10.2. The zero-order chi connectivity index (χ0) is 19.4. The van der Waals surface area contributed by atoms with Gasteiger partial charge in [-0.05, 0) is 17.9 Å². The smallest absolute Gasteiger partial charge is 0.191 e. The summed E-state index contributed by atoms with van der Waals surface area (Å²) < 4.78 is 0.862. The lowest BCUT2D eigenvalue weighted by Gasteiger charge is -2.29. The van der Waals surface area contributed by atoms with Gasteiger partial charge in [-0.2, -0.15) is 0 Å². The molecule has 3 N–H and O–H groups in total. The molecule has 1 atom stereocenters. The summed E-state index contributed by atoms with van der Waals surface area (Å²) in [7, 11) is 1.96. The number of aromatic nitrogens is 3. The number of fused-ring (bicyclic) bond motifs is 1. The second-order valence-corrected chi connectivity index (χ2v) is 8.86. The van der Waals surface area contributed by atoms with E-state index < -0.39 is 0 Å². The van der Waals surface area contributed by atoms with Crippen LogP contribution in [0.3, 0.4) is 0 Å². The Bertz CT molecular complexity index is 884. The fraction of sp³-hybridized carbons (Fsp3) is 0.421. The van der Waals surface area contributed by atoms with E-state index >= 15 is 0 Å². The second kappa shape index (κ2) is 8.86. The molecule has 8 heteroatoms. The van der Waals surface area contributed by atoms with Crippen molar-refractivity contribution in [2.24, 2.45) is 5.92 Å². The number of nitrogens with two attached hydrogens (primary N) is 1. The summed E-state index contributed by atoms with van der Waals surface area (Å²) in [6.07, 6.45) is 0.874. The molecule has 0 bridgehead atoms. The third kappa shape index (κ3) is 4.88. The van der Waals surface area contributed by atoms with Crippen LogP contribution in [0.25, 0.3) is 10.3 Å². The third-order valence-corrected chi connectivity index (χ3v) is 6.07. The molecular formula is C19H25N5OS2. The first-order valence-electron chi connectivity index (χ1n) is 8.92. The zero-order valence-electron chi connectivity index (χ0n) is 15.8. The van der Waals surface area contributed by atoms with E-state index in [4.69, 9.17) is 10.7 Å². The molecule has 0 aliphatic carbocycles. The number of anilines is 2. The van der Waals surface area contributed by atoms with E-state index in [1.54, 1.807) is 11.8 Å². The van der Waals surface area contributed by atoms with Gasteiger partial charge in [-0.15, -0.1) is 0 Å². The average molecular weight is 404 g/mol. The van der Waals surface area contributed by atoms with Crippen LogP contribution in [0.1, 0.15) is 25.8 Å². The minimum atomic E-state index is -0.0154. The molecule has 0 amide bonds. The van der Waals surface area contributed by atoms with Crippen LogP contribution in [-0.2, 0) is 5.75 Å². The Hall–Kier alpha value is -1.90. The summed E-state index contributed by atoms with van der Waals surface area (Å²) in [6.45, 7) is 4.37. The van der Waals surface area contributed by atoms with E-state index in [2.05, 4.69) is 35.9 Å². The van der Waals surface area contributed by atoms with Crippen LogP contribution in [-0.4, -0.2) is 39.8 Å². The van der Waals surface area contributed by atoms with Crippen molar-refractivity contribution in [1.29, 1.82) is 0 Å². The quantitative estimate of drug-likeness (QED) is 0.437. The number of aliphatic hydroxyl groups excluding tert-OH is 1. The van der Waals surface area contributed by atoms with Crippen LogP contribution in [0.2, 0.25) is 0 Å². The van der Waals surface area contributed by atoms with Gasteiger partial charge in [0.25, 0.3) is 0 Å². The van der Waals surface area contributed by atoms with Crippen LogP contribution < -0.4 is 10.6 Å². The van der Waals surface area contributed by atoms with Gasteiger partial charge in [0.2, 0.25) is 0 Å². The predicted molar refractivity (Wildman–Crippen MR) is 114 cm³/mol. The highest BCUT2D eigenvalue weighted by Gasteiger charge is 2.22. The van der Waals surface area contributed by atoms with Crippen LogP contribution in [0, 0.1) is 5.92 Å². The minimum absolute atomic E-state index is 0.0154. The molecule has 0 fully saturated rings. The van der Waals surface area contributed by atoms with E-state index in [1.165, 1.54) is 16.9 Å². The third-order valence-electron chi connectivity index (χ3n) is 4.28. The first-order chi connectivity index (χ1) is 13.0. The molecule has 144 valence electrons. The van der Waals surface area contributed by atoms with Gasteiger partial charge in [0.05, 0.1) is 12.6 Å². The van der Waals surface area contributed by atoms with Gasteiger partial charge in [-0.25, -0.2) is 15.0 Å². The summed E-state index contributed by atoms with van der Waals surface area (Å²) >= 11 is 2.96. The number of thiazole rings is 1. The van der Waals surface area contributed by atoms with Crippen molar-refractivity contribution in [1.82, 2.24) is 15.0 Å². The Balaban J connectivity index is 1.92. The number of nitrogens with zero attached hydrogens (tertiary/aromatic N) is 4. The Kier molecular flexibility index (Phi) is 6.51. The molecule has 3 rings (SSSR count). The number of likely N-dealkylation sites (N-methyl/N-ethyl adjacent to an activating group) is 1. The maximum Gasteiger partial charge on any atom is 0.191 e. The van der Waals surface area contributed by atoms with Crippen LogP contribution >= 0.6 is 23.1 Å². The van der Waals surface area contributed by atoms with Gasteiger partial charge in [0, 0.05) is 12.8 Å². The molecule has 1 aromatic carbocycles. The Morgan fingerprint density at radius 1 is 1.19 bits per heavy atom. The largest absolute Gasteiger partial charge is 0.394 e. The van der Waals surface area contributed by atoms with Crippen molar-refractivity contribution in [3.05, 3.63) is 35.9 Å². The van der Waals surface area contributed by atoms with E-state index in [1.807, 2.05) is 30.1 Å². The highest BCUT2D eigenvalue weighted by atomic mass is 32.2. The molecule has 0 saturated carbocycles. The van der Waals surface area contributed by atoms with Crippen molar-refractivity contribution >= 4 is 44.4 Å². The Labute approximate surface area is 167 Å². The zero-order valence-corrected chi connectivity index (χ0v) is 17.4. The number of rotatable bonds is 8. The molecule has 0 spiro atoms. The molecule has 2 heterocycles. The van der Waals surface area contributed by atoms with E-state index in [0.29, 0.717) is 21.9 Å². The average Bonchev–Trinajstić information content (AvgIpc) is 3.04. The fourth-order valence-corrected chi connectivity index (χ4v) is 4.50. The maximum absolute atomic E-state index is 9.88. The number of aliphatic hydroxyl groups is 1. The number of hydrogen-bond acceptors (Lipinski definition) is 8. The van der Waals surface area contributed by atoms with Gasteiger partial charge in [0.15, 0.2) is 21.8 Å². The highest BCUT2D eigenvalue weighted by molar-refractivity contribution is 7.98. The molecule has 0 aliphatic heterocycles. The van der Waals surface area contributed by atoms with Gasteiger partial charge < -0.3 is 15.7 Å². The van der Waals surface area contributed by atoms with Crippen molar-refractivity contribution < 1.29 is 5.11 Å². The highest BCUT2D eigenvalue weighted by Crippen LogP contribution is 2.34. The summed E-state index contributed by atoms with van der Waals surface area (Å²) in [5.74, 6) is 2.04. The van der Waals surface area contributed by atoms with Crippen molar-refractivity contribution in [2.45, 2.75) is 37.2 Å². The van der Waals surface area contributed by atoms with Crippen LogP contribution in [0.4, 0.5) is 10.9 Å². The SMILES string of the molecule is CC(C)C[C@H](CO)N(C)c1nc(SCc2ccccc2)nc2nc(N)sc12. The lowest BCUT2D eigenvalue weighted by molar-refractivity contribution is 0.245.